The molecule has 0 aliphatic rings. The number of anilines is 2. The molecule has 4 N–H and O–H groups in total. The van der Waals surface area contributed by atoms with Crippen molar-refractivity contribution in [3.8, 4) is 0 Å². The molecule has 1 aromatic heterocycles. The second kappa shape index (κ2) is 5.28. The molecule has 1 aromatic rings. The van der Waals surface area contributed by atoms with Crippen LogP contribution in [-0.4, -0.2) is 37.7 Å². The van der Waals surface area contributed by atoms with Crippen LogP contribution in [0.1, 0.15) is 0 Å². The molecule has 0 aromatic carbocycles. The topological polar surface area (TPSA) is 110 Å². The SMILES string of the molecule is CS(=O)(=O)NCCNc1cc(Cl)nc(N)n1. The summed E-state index contributed by atoms with van der Waals surface area (Å²) in [5, 5.41) is 3.08. The molecule has 90 valence electrons. The molecule has 0 bridgehead atoms. The van der Waals surface area contributed by atoms with Crippen LogP contribution in [0.15, 0.2) is 6.07 Å². The largest absolute Gasteiger partial charge is 0.369 e. The van der Waals surface area contributed by atoms with Crippen molar-refractivity contribution < 1.29 is 8.42 Å². The molecule has 1 heterocycles. The van der Waals surface area contributed by atoms with E-state index >= 15 is 0 Å². The molecular weight excluding hydrogens is 254 g/mol. The van der Waals surface area contributed by atoms with Gasteiger partial charge in [0.2, 0.25) is 16.0 Å². The molecule has 0 saturated carbocycles. The molecule has 0 saturated heterocycles. The van der Waals surface area contributed by atoms with Crippen molar-refractivity contribution in [2.45, 2.75) is 0 Å². The summed E-state index contributed by atoms with van der Waals surface area (Å²) in [4.78, 5) is 7.54. The lowest BCUT2D eigenvalue weighted by atomic mass is 10.5. The van der Waals surface area contributed by atoms with E-state index in [9.17, 15) is 8.42 Å². The number of nitrogens with one attached hydrogen (secondary N) is 2. The number of nitrogens with two attached hydrogens (primary N) is 1. The Kier molecular flexibility index (Phi) is 4.27. The van der Waals surface area contributed by atoms with Gasteiger partial charge in [0, 0.05) is 19.2 Å². The van der Waals surface area contributed by atoms with E-state index in [1.807, 2.05) is 0 Å². The molecule has 0 fully saturated rings. The van der Waals surface area contributed by atoms with E-state index in [2.05, 4.69) is 20.0 Å². The van der Waals surface area contributed by atoms with Crippen LogP contribution in [0.5, 0.6) is 0 Å². The van der Waals surface area contributed by atoms with Crippen LogP contribution in [-0.2, 0) is 10.0 Å². The molecule has 0 spiro atoms. The molecule has 0 atom stereocenters. The first-order valence-corrected chi connectivity index (χ1v) is 6.62. The molecule has 0 aliphatic heterocycles. The highest BCUT2D eigenvalue weighted by Crippen LogP contribution is 2.11. The quantitative estimate of drug-likeness (QED) is 0.497. The maximum atomic E-state index is 10.7. The molecule has 0 amide bonds. The smallest absolute Gasteiger partial charge is 0.223 e. The van der Waals surface area contributed by atoms with E-state index < -0.39 is 10.0 Å². The maximum absolute atomic E-state index is 10.7. The van der Waals surface area contributed by atoms with Crippen molar-refractivity contribution in [2.24, 2.45) is 0 Å². The zero-order valence-corrected chi connectivity index (χ0v) is 10.1. The van der Waals surface area contributed by atoms with Gasteiger partial charge in [0.25, 0.3) is 0 Å². The average molecular weight is 266 g/mol. The number of rotatable bonds is 5. The summed E-state index contributed by atoms with van der Waals surface area (Å²) < 4.78 is 23.8. The van der Waals surface area contributed by atoms with E-state index in [0.29, 0.717) is 12.4 Å². The van der Waals surface area contributed by atoms with Crippen molar-refractivity contribution >= 4 is 33.4 Å². The Morgan fingerprint density at radius 1 is 1.44 bits per heavy atom. The maximum Gasteiger partial charge on any atom is 0.223 e. The zero-order valence-electron chi connectivity index (χ0n) is 8.57. The Balaban J connectivity index is 2.43. The average Bonchev–Trinajstić information content (AvgIpc) is 2.09. The van der Waals surface area contributed by atoms with Gasteiger partial charge in [0.15, 0.2) is 0 Å². The van der Waals surface area contributed by atoms with Crippen LogP contribution in [0.4, 0.5) is 11.8 Å². The van der Waals surface area contributed by atoms with Crippen molar-refractivity contribution in [3.05, 3.63) is 11.2 Å². The summed E-state index contributed by atoms with van der Waals surface area (Å²) in [7, 11) is -3.17. The number of hydrogen-bond acceptors (Lipinski definition) is 6. The highest BCUT2D eigenvalue weighted by Gasteiger charge is 2.01. The highest BCUT2D eigenvalue weighted by molar-refractivity contribution is 7.88. The summed E-state index contributed by atoms with van der Waals surface area (Å²) >= 11 is 5.65. The van der Waals surface area contributed by atoms with Gasteiger partial charge >= 0.3 is 0 Å². The lowest BCUT2D eigenvalue weighted by Gasteiger charge is -2.06. The summed E-state index contributed by atoms with van der Waals surface area (Å²) in [6.45, 7) is 0.625. The van der Waals surface area contributed by atoms with E-state index in [1.54, 1.807) is 0 Å². The zero-order chi connectivity index (χ0) is 12.2. The molecular formula is C7H12ClN5O2S. The predicted molar refractivity (Wildman–Crippen MR) is 62.8 cm³/mol. The van der Waals surface area contributed by atoms with Crippen LogP contribution < -0.4 is 15.8 Å². The Labute approximate surface area is 98.5 Å². The normalized spacial score (nSPS) is 11.4. The van der Waals surface area contributed by atoms with Crippen LogP contribution in [0.3, 0.4) is 0 Å². The third-order valence-electron chi connectivity index (χ3n) is 1.51. The summed E-state index contributed by atoms with van der Waals surface area (Å²) in [6.07, 6.45) is 1.09. The van der Waals surface area contributed by atoms with E-state index in [4.69, 9.17) is 17.3 Å². The molecule has 7 nitrogen and oxygen atoms in total. The molecule has 0 radical (unpaired) electrons. The van der Waals surface area contributed by atoms with Gasteiger partial charge in [-0.3, -0.25) is 0 Å². The number of halogens is 1. The predicted octanol–water partition coefficient (Wildman–Crippen LogP) is -0.327. The Hall–Kier alpha value is -1.12. The molecule has 1 rings (SSSR count). The van der Waals surface area contributed by atoms with Crippen LogP contribution >= 0.6 is 11.6 Å². The minimum Gasteiger partial charge on any atom is -0.369 e. The fourth-order valence-electron chi connectivity index (χ4n) is 0.953. The third-order valence-corrected chi connectivity index (χ3v) is 2.43. The molecule has 16 heavy (non-hydrogen) atoms. The van der Waals surface area contributed by atoms with Crippen molar-refractivity contribution in [1.82, 2.24) is 14.7 Å². The van der Waals surface area contributed by atoms with Gasteiger partial charge < -0.3 is 11.1 Å². The van der Waals surface area contributed by atoms with Gasteiger partial charge in [-0.15, -0.1) is 0 Å². The fraction of sp³-hybridized carbons (Fsp3) is 0.429. The minimum atomic E-state index is -3.17. The van der Waals surface area contributed by atoms with Crippen molar-refractivity contribution in [1.29, 1.82) is 0 Å². The second-order valence-corrected chi connectivity index (χ2v) is 5.25. The number of aromatic nitrogens is 2. The van der Waals surface area contributed by atoms with Crippen molar-refractivity contribution in [2.75, 3.05) is 30.4 Å². The molecule has 9 heteroatoms. The van der Waals surface area contributed by atoms with Gasteiger partial charge in [-0.2, -0.15) is 4.98 Å². The highest BCUT2D eigenvalue weighted by atomic mass is 35.5. The molecule has 0 aliphatic carbocycles. The van der Waals surface area contributed by atoms with Gasteiger partial charge in [-0.25, -0.2) is 18.1 Å². The van der Waals surface area contributed by atoms with Crippen LogP contribution in [0.25, 0.3) is 0 Å². The van der Waals surface area contributed by atoms with E-state index in [-0.39, 0.29) is 17.6 Å². The number of sulfonamides is 1. The monoisotopic (exact) mass is 265 g/mol. The second-order valence-electron chi connectivity index (χ2n) is 3.03. The first-order valence-electron chi connectivity index (χ1n) is 4.35. The van der Waals surface area contributed by atoms with Crippen LogP contribution in [0, 0.1) is 0 Å². The fourth-order valence-corrected chi connectivity index (χ4v) is 1.62. The first-order chi connectivity index (χ1) is 7.37. The lowest BCUT2D eigenvalue weighted by molar-refractivity contribution is 0.589. The van der Waals surface area contributed by atoms with E-state index in [1.165, 1.54) is 6.07 Å². The van der Waals surface area contributed by atoms with Gasteiger partial charge in [0.1, 0.15) is 11.0 Å². The summed E-state index contributed by atoms with van der Waals surface area (Å²) in [5.41, 5.74) is 5.37. The first kappa shape index (κ1) is 12.9. The Morgan fingerprint density at radius 3 is 2.69 bits per heavy atom. The number of nitrogens with zero attached hydrogens (tertiary/aromatic N) is 2. The van der Waals surface area contributed by atoms with Gasteiger partial charge in [-0.05, 0) is 0 Å². The Morgan fingerprint density at radius 2 is 2.12 bits per heavy atom. The number of hydrogen-bond donors (Lipinski definition) is 3. The Bertz CT molecular complexity index is 444. The lowest BCUT2D eigenvalue weighted by Crippen LogP contribution is -2.27. The number of nitrogen functional groups attached to an aromatic ring is 1. The summed E-state index contributed by atoms with van der Waals surface area (Å²) in [5.74, 6) is 0.513. The minimum absolute atomic E-state index is 0.0612. The van der Waals surface area contributed by atoms with Gasteiger partial charge in [-0.1, -0.05) is 11.6 Å². The molecule has 0 unspecified atom stereocenters. The standard InChI is InChI=1S/C7H12ClN5O2S/c1-16(14,15)11-3-2-10-6-4-5(8)12-7(9)13-6/h4,11H,2-3H2,1H3,(H3,9,10,12,13). The summed E-state index contributed by atoms with van der Waals surface area (Å²) in [6, 6.07) is 1.50. The third kappa shape index (κ3) is 5.10. The van der Waals surface area contributed by atoms with Crippen molar-refractivity contribution in [3.63, 3.8) is 0 Å². The van der Waals surface area contributed by atoms with Crippen LogP contribution in [0.2, 0.25) is 5.15 Å². The van der Waals surface area contributed by atoms with Gasteiger partial charge in [0.05, 0.1) is 6.26 Å². The van der Waals surface area contributed by atoms with E-state index in [0.717, 1.165) is 6.26 Å².